The van der Waals surface area contributed by atoms with Gasteiger partial charge < -0.3 is 13.3 Å². The van der Waals surface area contributed by atoms with Gasteiger partial charge in [-0.2, -0.15) is 0 Å². The topological polar surface area (TPSA) is 27.7 Å². The van der Waals surface area contributed by atoms with E-state index in [2.05, 4.69) is 13.8 Å². The predicted molar refractivity (Wildman–Crippen MR) is 51.1 cm³/mol. The van der Waals surface area contributed by atoms with E-state index in [1.54, 1.807) is 14.2 Å². The van der Waals surface area contributed by atoms with Crippen LogP contribution in [0.4, 0.5) is 0 Å². The van der Waals surface area contributed by atoms with E-state index in [1.165, 1.54) is 0 Å². The van der Waals surface area contributed by atoms with Crippen molar-refractivity contribution in [3.8, 4) is 0 Å². The Labute approximate surface area is 76.4 Å². The van der Waals surface area contributed by atoms with Gasteiger partial charge in [0, 0.05) is 26.9 Å². The Hall–Kier alpha value is 0.0969. The lowest BCUT2D eigenvalue weighted by molar-refractivity contribution is 0.0982. The minimum atomic E-state index is -2.26. The zero-order valence-corrected chi connectivity index (χ0v) is 9.55. The highest BCUT2D eigenvalue weighted by Crippen LogP contribution is 2.15. The van der Waals surface area contributed by atoms with Crippen molar-refractivity contribution in [3.63, 3.8) is 0 Å². The van der Waals surface area contributed by atoms with Crippen molar-refractivity contribution in [1.29, 1.82) is 0 Å². The summed E-state index contributed by atoms with van der Waals surface area (Å²) in [4.78, 5) is 0. The van der Waals surface area contributed by atoms with Gasteiger partial charge in [-0.1, -0.05) is 20.3 Å². The molecule has 0 saturated carbocycles. The monoisotopic (exact) mass is 192 g/mol. The molecule has 0 heterocycles. The number of hydrogen-bond donors (Lipinski definition) is 0. The summed E-state index contributed by atoms with van der Waals surface area (Å²) in [5.41, 5.74) is 0. The van der Waals surface area contributed by atoms with E-state index in [9.17, 15) is 0 Å². The van der Waals surface area contributed by atoms with E-state index in [0.29, 0.717) is 0 Å². The first-order chi connectivity index (χ1) is 5.74. The number of hydrogen-bond acceptors (Lipinski definition) is 3. The van der Waals surface area contributed by atoms with Gasteiger partial charge in [0.1, 0.15) is 0 Å². The van der Waals surface area contributed by atoms with Gasteiger partial charge in [-0.05, 0) is 6.42 Å². The molecule has 12 heavy (non-hydrogen) atoms. The van der Waals surface area contributed by atoms with Crippen molar-refractivity contribution in [2.75, 3.05) is 20.8 Å². The molecule has 0 aliphatic heterocycles. The van der Waals surface area contributed by atoms with Crippen molar-refractivity contribution < 1.29 is 13.3 Å². The Morgan fingerprint density at radius 1 is 1.00 bits per heavy atom. The Morgan fingerprint density at radius 2 is 1.58 bits per heavy atom. The smallest absolute Gasteiger partial charge is 0.377 e. The summed E-state index contributed by atoms with van der Waals surface area (Å²) >= 11 is 0. The third-order valence-corrected chi connectivity index (χ3v) is 4.70. The molecular formula is C8H20O3Si. The van der Waals surface area contributed by atoms with Crippen LogP contribution in [0.25, 0.3) is 0 Å². The molecule has 0 aliphatic rings. The molecule has 0 aromatic carbocycles. The number of rotatable bonds is 7. The van der Waals surface area contributed by atoms with Gasteiger partial charge in [-0.15, -0.1) is 0 Å². The summed E-state index contributed by atoms with van der Waals surface area (Å²) in [7, 11) is 1.07. The molecule has 0 N–H and O–H groups in total. The van der Waals surface area contributed by atoms with Crippen molar-refractivity contribution in [2.24, 2.45) is 0 Å². The second-order valence-electron chi connectivity index (χ2n) is 2.69. The molecule has 74 valence electrons. The molecule has 0 aliphatic carbocycles. The molecule has 0 amide bonds. The van der Waals surface area contributed by atoms with Crippen LogP contribution in [0.2, 0.25) is 6.04 Å². The van der Waals surface area contributed by atoms with Crippen LogP contribution in [-0.2, 0) is 13.3 Å². The molecule has 0 atom stereocenters. The Bertz CT molecular complexity index is 104. The summed E-state index contributed by atoms with van der Waals surface area (Å²) in [6.45, 7) is 4.92. The normalized spacial score (nSPS) is 12.0. The van der Waals surface area contributed by atoms with Gasteiger partial charge in [0.2, 0.25) is 0 Å². The maximum absolute atomic E-state index is 5.61. The Kier molecular flexibility index (Phi) is 6.65. The van der Waals surface area contributed by atoms with Gasteiger partial charge in [0.25, 0.3) is 0 Å². The third-order valence-electron chi connectivity index (χ3n) is 1.70. The van der Waals surface area contributed by atoms with E-state index in [-0.39, 0.29) is 0 Å². The average molecular weight is 192 g/mol. The molecule has 0 aromatic rings. The molecule has 0 rings (SSSR count). The summed E-state index contributed by atoms with van der Waals surface area (Å²) in [6.07, 6.45) is 2.04. The maximum atomic E-state index is 5.61. The molecule has 3 nitrogen and oxygen atoms in total. The van der Waals surface area contributed by atoms with Crippen molar-refractivity contribution in [3.05, 3.63) is 0 Å². The summed E-state index contributed by atoms with van der Waals surface area (Å²) in [6, 6.07) is 0.903. The van der Waals surface area contributed by atoms with Crippen LogP contribution >= 0.6 is 0 Å². The van der Waals surface area contributed by atoms with Crippen LogP contribution in [0.1, 0.15) is 26.7 Å². The minimum Gasteiger partial charge on any atom is -0.377 e. The van der Waals surface area contributed by atoms with Gasteiger partial charge in [-0.25, -0.2) is 0 Å². The first-order valence-corrected chi connectivity index (χ1v) is 6.42. The van der Waals surface area contributed by atoms with Crippen molar-refractivity contribution >= 4 is 8.80 Å². The molecule has 0 radical (unpaired) electrons. The predicted octanol–water partition coefficient (Wildman–Crippen LogP) is 2.05. The Morgan fingerprint density at radius 3 is 1.92 bits per heavy atom. The zero-order chi connectivity index (χ0) is 9.45. The van der Waals surface area contributed by atoms with Crippen LogP contribution in [0.5, 0.6) is 0 Å². The third kappa shape index (κ3) is 3.67. The molecule has 0 bridgehead atoms. The lowest BCUT2D eigenvalue weighted by Crippen LogP contribution is -2.43. The quantitative estimate of drug-likeness (QED) is 0.578. The minimum absolute atomic E-state index is 0.730. The summed E-state index contributed by atoms with van der Waals surface area (Å²) in [5, 5.41) is 0. The second-order valence-corrected chi connectivity index (χ2v) is 5.66. The molecule has 0 fully saturated rings. The maximum Gasteiger partial charge on any atom is 0.500 e. The zero-order valence-electron chi connectivity index (χ0n) is 8.55. The summed E-state index contributed by atoms with van der Waals surface area (Å²) in [5.74, 6) is 0. The highest BCUT2D eigenvalue weighted by molar-refractivity contribution is 6.60. The SMILES string of the molecule is CCCO[Si](CCC)(OC)OC. The van der Waals surface area contributed by atoms with Gasteiger partial charge in [0.05, 0.1) is 0 Å². The van der Waals surface area contributed by atoms with E-state index < -0.39 is 8.80 Å². The van der Waals surface area contributed by atoms with E-state index >= 15 is 0 Å². The van der Waals surface area contributed by atoms with Crippen LogP contribution in [0, 0.1) is 0 Å². The average Bonchev–Trinajstić information content (AvgIpc) is 2.13. The van der Waals surface area contributed by atoms with Crippen LogP contribution < -0.4 is 0 Å². The fourth-order valence-electron chi connectivity index (χ4n) is 1.04. The molecule has 0 spiro atoms. The molecule has 0 unspecified atom stereocenters. The van der Waals surface area contributed by atoms with E-state index in [1.807, 2.05) is 0 Å². The van der Waals surface area contributed by atoms with Crippen LogP contribution in [0.3, 0.4) is 0 Å². The van der Waals surface area contributed by atoms with Gasteiger partial charge in [-0.3, -0.25) is 0 Å². The lowest BCUT2D eigenvalue weighted by Gasteiger charge is -2.25. The molecular weight excluding hydrogens is 172 g/mol. The van der Waals surface area contributed by atoms with Gasteiger partial charge in [0.15, 0.2) is 0 Å². The molecule has 4 heteroatoms. The first kappa shape index (κ1) is 12.1. The van der Waals surface area contributed by atoms with E-state index in [0.717, 1.165) is 25.5 Å². The largest absolute Gasteiger partial charge is 0.500 e. The van der Waals surface area contributed by atoms with Crippen LogP contribution in [0.15, 0.2) is 0 Å². The van der Waals surface area contributed by atoms with Gasteiger partial charge >= 0.3 is 8.80 Å². The van der Waals surface area contributed by atoms with Crippen LogP contribution in [-0.4, -0.2) is 29.6 Å². The first-order valence-electron chi connectivity index (χ1n) is 4.49. The lowest BCUT2D eigenvalue weighted by atomic mass is 10.5. The van der Waals surface area contributed by atoms with Crippen molar-refractivity contribution in [1.82, 2.24) is 0 Å². The second kappa shape index (κ2) is 6.60. The standard InChI is InChI=1S/C8H20O3Si/c1-5-7-11-12(9-3,10-4)8-6-2/h5-8H2,1-4H3. The fourth-order valence-corrected chi connectivity index (χ4v) is 3.12. The molecule has 0 saturated heterocycles. The molecule has 0 aromatic heterocycles. The Balaban J connectivity index is 3.95. The highest BCUT2D eigenvalue weighted by Gasteiger charge is 2.37. The summed E-state index contributed by atoms with van der Waals surface area (Å²) < 4.78 is 16.3. The van der Waals surface area contributed by atoms with E-state index in [4.69, 9.17) is 13.3 Å². The fraction of sp³-hybridized carbons (Fsp3) is 1.00. The van der Waals surface area contributed by atoms with Crippen molar-refractivity contribution in [2.45, 2.75) is 32.7 Å². The highest BCUT2D eigenvalue weighted by atomic mass is 28.4.